The molecule has 1 saturated heterocycles. The lowest BCUT2D eigenvalue weighted by molar-refractivity contribution is -0.112. The van der Waals surface area contributed by atoms with Crippen LogP contribution in [0.15, 0.2) is 88.7 Å². The lowest BCUT2D eigenvalue weighted by Gasteiger charge is -2.34. The van der Waals surface area contributed by atoms with Crippen LogP contribution in [-0.4, -0.2) is 47.8 Å². The van der Waals surface area contributed by atoms with E-state index in [1.54, 1.807) is 0 Å². The first-order valence-corrected chi connectivity index (χ1v) is 11.9. The van der Waals surface area contributed by atoms with E-state index in [-0.39, 0.29) is 11.8 Å². The van der Waals surface area contributed by atoms with E-state index < -0.39 is 0 Å². The molecule has 6 heteroatoms. The van der Waals surface area contributed by atoms with Gasteiger partial charge in [-0.25, -0.2) is 0 Å². The standard InChI is InChI=1S/C27H25N3O2S/c31-26-25(33-24-9-5-4-8-23(24)28-26)18-20-10-12-22(13-11-20)27(32)30-16-14-29(15-17-30)19-21-6-2-1-3-7-21/h1-13,18H,14-17,19H2,(H,28,31). The molecule has 0 atom stereocenters. The minimum Gasteiger partial charge on any atom is -0.336 e. The second kappa shape index (κ2) is 9.65. The zero-order valence-corrected chi connectivity index (χ0v) is 19.1. The summed E-state index contributed by atoms with van der Waals surface area (Å²) >= 11 is 1.46. The van der Waals surface area contributed by atoms with Crippen LogP contribution in [0.25, 0.3) is 6.08 Å². The fraction of sp³-hybridized carbons (Fsp3) is 0.185. The molecule has 0 saturated carbocycles. The fourth-order valence-electron chi connectivity index (χ4n) is 4.11. The van der Waals surface area contributed by atoms with Crippen molar-refractivity contribution in [2.45, 2.75) is 11.4 Å². The van der Waals surface area contributed by atoms with E-state index in [1.165, 1.54) is 17.3 Å². The number of thioether (sulfide) groups is 1. The highest BCUT2D eigenvalue weighted by Crippen LogP contribution is 2.38. The molecule has 5 rings (SSSR count). The molecular formula is C27H25N3O2S. The average Bonchev–Trinajstić information content (AvgIpc) is 2.86. The maximum Gasteiger partial charge on any atom is 0.262 e. The van der Waals surface area contributed by atoms with Crippen LogP contribution in [0.5, 0.6) is 0 Å². The Bertz CT molecular complexity index is 1180. The molecule has 1 N–H and O–H groups in total. The van der Waals surface area contributed by atoms with Crippen LogP contribution in [0.2, 0.25) is 0 Å². The summed E-state index contributed by atoms with van der Waals surface area (Å²) in [6.45, 7) is 4.13. The Kier molecular flexibility index (Phi) is 6.28. The van der Waals surface area contributed by atoms with Gasteiger partial charge in [0.15, 0.2) is 0 Å². The Labute approximate surface area is 198 Å². The number of nitrogens with one attached hydrogen (secondary N) is 1. The molecule has 5 nitrogen and oxygen atoms in total. The molecule has 2 aliphatic rings. The Hall–Kier alpha value is -3.35. The Morgan fingerprint density at radius 3 is 2.33 bits per heavy atom. The number of fused-ring (bicyclic) bond motifs is 1. The molecule has 2 aliphatic heterocycles. The predicted octanol–water partition coefficient (Wildman–Crippen LogP) is 4.73. The normalized spacial score (nSPS) is 17.5. The summed E-state index contributed by atoms with van der Waals surface area (Å²) in [6, 6.07) is 25.7. The molecule has 0 aliphatic carbocycles. The highest BCUT2D eigenvalue weighted by atomic mass is 32.2. The van der Waals surface area contributed by atoms with E-state index in [2.05, 4.69) is 34.5 Å². The number of nitrogens with zero attached hydrogens (tertiary/aromatic N) is 2. The molecular weight excluding hydrogens is 430 g/mol. The van der Waals surface area contributed by atoms with Crippen LogP contribution in [0.3, 0.4) is 0 Å². The molecule has 3 aromatic carbocycles. The van der Waals surface area contributed by atoms with Crippen molar-refractivity contribution in [3.8, 4) is 0 Å². The van der Waals surface area contributed by atoms with Gasteiger partial charge < -0.3 is 10.2 Å². The van der Waals surface area contributed by atoms with E-state index in [0.29, 0.717) is 10.5 Å². The molecule has 166 valence electrons. The van der Waals surface area contributed by atoms with Gasteiger partial charge in [-0.15, -0.1) is 0 Å². The Morgan fingerprint density at radius 1 is 0.879 bits per heavy atom. The van der Waals surface area contributed by atoms with Gasteiger partial charge in [-0.3, -0.25) is 14.5 Å². The minimum absolute atomic E-state index is 0.0623. The van der Waals surface area contributed by atoms with Gasteiger partial charge in [-0.2, -0.15) is 0 Å². The largest absolute Gasteiger partial charge is 0.336 e. The van der Waals surface area contributed by atoms with Crippen molar-refractivity contribution in [3.05, 3.63) is 100 Å². The van der Waals surface area contributed by atoms with E-state index in [4.69, 9.17) is 0 Å². The van der Waals surface area contributed by atoms with Crippen molar-refractivity contribution >= 4 is 35.3 Å². The van der Waals surface area contributed by atoms with Crippen LogP contribution in [-0.2, 0) is 11.3 Å². The highest BCUT2D eigenvalue weighted by molar-refractivity contribution is 8.04. The number of piperazine rings is 1. The van der Waals surface area contributed by atoms with Gasteiger partial charge >= 0.3 is 0 Å². The lowest BCUT2D eigenvalue weighted by Crippen LogP contribution is -2.48. The van der Waals surface area contributed by atoms with Crippen LogP contribution in [0, 0.1) is 0 Å². The van der Waals surface area contributed by atoms with Gasteiger partial charge in [0.05, 0.1) is 10.6 Å². The first kappa shape index (κ1) is 21.5. The third-order valence-electron chi connectivity index (χ3n) is 5.94. The number of hydrogen-bond acceptors (Lipinski definition) is 4. The van der Waals surface area contributed by atoms with Gasteiger partial charge in [0.1, 0.15) is 0 Å². The second-order valence-corrected chi connectivity index (χ2v) is 9.32. The summed E-state index contributed by atoms with van der Waals surface area (Å²) in [6.07, 6.45) is 1.87. The lowest BCUT2D eigenvalue weighted by atomic mass is 10.1. The van der Waals surface area contributed by atoms with Crippen LogP contribution in [0.1, 0.15) is 21.5 Å². The molecule has 0 spiro atoms. The molecule has 2 amide bonds. The van der Waals surface area contributed by atoms with Gasteiger partial charge in [0, 0.05) is 43.2 Å². The zero-order chi connectivity index (χ0) is 22.6. The third-order valence-corrected chi connectivity index (χ3v) is 7.04. The van der Waals surface area contributed by atoms with Crippen molar-refractivity contribution in [1.29, 1.82) is 0 Å². The molecule has 1 fully saturated rings. The summed E-state index contributed by atoms with van der Waals surface area (Å²) in [5.74, 6) is -0.0421. The van der Waals surface area contributed by atoms with E-state index in [0.717, 1.165) is 48.9 Å². The quantitative estimate of drug-likeness (QED) is 0.578. The van der Waals surface area contributed by atoms with Crippen molar-refractivity contribution in [3.63, 3.8) is 0 Å². The first-order valence-electron chi connectivity index (χ1n) is 11.1. The first-order chi connectivity index (χ1) is 16.2. The molecule has 2 heterocycles. The third kappa shape index (κ3) is 5.02. The van der Waals surface area contributed by atoms with Gasteiger partial charge in [0.25, 0.3) is 11.8 Å². The van der Waals surface area contributed by atoms with Crippen LogP contribution >= 0.6 is 11.8 Å². The maximum absolute atomic E-state index is 13.0. The Balaban J connectivity index is 1.20. The number of anilines is 1. The molecule has 0 radical (unpaired) electrons. The average molecular weight is 456 g/mol. The summed E-state index contributed by atoms with van der Waals surface area (Å²) in [4.78, 5) is 31.4. The molecule has 33 heavy (non-hydrogen) atoms. The summed E-state index contributed by atoms with van der Waals surface area (Å²) in [5.41, 5.74) is 3.72. The van der Waals surface area contributed by atoms with E-state index in [1.807, 2.05) is 65.6 Å². The predicted molar refractivity (Wildman–Crippen MR) is 133 cm³/mol. The smallest absolute Gasteiger partial charge is 0.262 e. The van der Waals surface area contributed by atoms with E-state index >= 15 is 0 Å². The summed E-state index contributed by atoms with van der Waals surface area (Å²) < 4.78 is 0. The topological polar surface area (TPSA) is 52.7 Å². The van der Waals surface area contributed by atoms with Crippen LogP contribution < -0.4 is 5.32 Å². The fourth-order valence-corrected chi connectivity index (χ4v) is 5.06. The molecule has 0 unspecified atom stereocenters. The number of carbonyl (C=O) groups excluding carboxylic acids is 2. The number of para-hydroxylation sites is 1. The number of carbonyl (C=O) groups is 2. The highest BCUT2D eigenvalue weighted by Gasteiger charge is 2.23. The maximum atomic E-state index is 13.0. The summed E-state index contributed by atoms with van der Waals surface area (Å²) in [7, 11) is 0. The molecule has 0 bridgehead atoms. The zero-order valence-electron chi connectivity index (χ0n) is 18.2. The van der Waals surface area contributed by atoms with Crippen molar-refractivity contribution in [2.24, 2.45) is 0 Å². The number of hydrogen-bond donors (Lipinski definition) is 1. The number of benzene rings is 3. The molecule has 3 aromatic rings. The monoisotopic (exact) mass is 455 g/mol. The second-order valence-electron chi connectivity index (χ2n) is 8.24. The number of amides is 2. The van der Waals surface area contributed by atoms with Crippen molar-refractivity contribution in [1.82, 2.24) is 9.80 Å². The van der Waals surface area contributed by atoms with Gasteiger partial charge in [0.2, 0.25) is 0 Å². The van der Waals surface area contributed by atoms with E-state index in [9.17, 15) is 9.59 Å². The molecule has 0 aromatic heterocycles. The summed E-state index contributed by atoms with van der Waals surface area (Å²) in [5, 5.41) is 2.93. The van der Waals surface area contributed by atoms with Crippen molar-refractivity contribution < 1.29 is 9.59 Å². The van der Waals surface area contributed by atoms with Gasteiger partial charge in [-0.05, 0) is 41.5 Å². The SMILES string of the molecule is O=C1Nc2ccccc2SC1=Cc1ccc(C(=O)N2CCN(Cc3ccccc3)CC2)cc1. The minimum atomic E-state index is -0.104. The van der Waals surface area contributed by atoms with Gasteiger partial charge in [-0.1, -0.05) is 66.4 Å². The number of rotatable bonds is 4. The van der Waals surface area contributed by atoms with Crippen LogP contribution in [0.4, 0.5) is 5.69 Å². The Morgan fingerprint density at radius 2 is 1.58 bits per heavy atom. The van der Waals surface area contributed by atoms with Crippen molar-refractivity contribution in [2.75, 3.05) is 31.5 Å².